The molecule has 3 rings (SSSR count). The van der Waals surface area contributed by atoms with E-state index < -0.39 is 0 Å². The van der Waals surface area contributed by atoms with Gasteiger partial charge in [-0.2, -0.15) is 0 Å². The summed E-state index contributed by atoms with van der Waals surface area (Å²) in [6.45, 7) is 1.92. The minimum atomic E-state index is -0.252. The maximum atomic E-state index is 13.0. The van der Waals surface area contributed by atoms with Crippen LogP contribution in [-0.4, -0.2) is 34.3 Å². The molecule has 2 heterocycles. The number of imidazole rings is 1. The molecular weight excluding hydrogens is 255 g/mol. The molecule has 0 bridgehead atoms. The van der Waals surface area contributed by atoms with E-state index in [0.717, 1.165) is 25.9 Å². The highest BCUT2D eigenvalue weighted by Gasteiger charge is 2.19. The molecular formula is C15H17FN4. The summed E-state index contributed by atoms with van der Waals surface area (Å²) in [5, 5.41) is 0. The van der Waals surface area contributed by atoms with E-state index in [-0.39, 0.29) is 5.82 Å². The molecule has 1 N–H and O–H groups in total. The lowest BCUT2D eigenvalue weighted by Gasteiger charge is -2.29. The lowest BCUT2D eigenvalue weighted by atomic mass is 9.94. The predicted octanol–water partition coefficient (Wildman–Crippen LogP) is 3.09. The predicted molar refractivity (Wildman–Crippen MR) is 76.7 cm³/mol. The fourth-order valence-corrected chi connectivity index (χ4v) is 2.52. The fraction of sp³-hybridized carbons (Fsp3) is 0.333. The zero-order valence-electron chi connectivity index (χ0n) is 11.2. The van der Waals surface area contributed by atoms with E-state index in [1.807, 2.05) is 12.5 Å². The van der Waals surface area contributed by atoms with E-state index in [1.165, 1.54) is 17.8 Å². The van der Waals surface area contributed by atoms with Crippen molar-refractivity contribution in [3.63, 3.8) is 0 Å². The van der Waals surface area contributed by atoms with Crippen molar-refractivity contribution in [1.29, 1.82) is 0 Å². The van der Waals surface area contributed by atoms with Crippen LogP contribution in [0.3, 0.4) is 0 Å². The minimum absolute atomic E-state index is 0.252. The largest absolute Gasteiger partial charge is 0.363 e. The molecule has 4 nitrogen and oxygen atoms in total. The van der Waals surface area contributed by atoms with Crippen molar-refractivity contribution in [3.8, 4) is 0 Å². The first-order chi connectivity index (χ1) is 9.81. The topological polar surface area (TPSA) is 44.3 Å². The Hall–Kier alpha value is -2.17. The van der Waals surface area contributed by atoms with Gasteiger partial charge in [0.25, 0.3) is 0 Å². The van der Waals surface area contributed by atoms with Crippen LogP contribution in [-0.2, 0) is 0 Å². The number of nitrogens with zero attached hydrogens (tertiary/aromatic N) is 3. The fourth-order valence-electron chi connectivity index (χ4n) is 2.52. The third-order valence-corrected chi connectivity index (χ3v) is 3.67. The Morgan fingerprint density at radius 1 is 1.35 bits per heavy atom. The highest BCUT2D eigenvalue weighted by molar-refractivity contribution is 5.61. The van der Waals surface area contributed by atoms with Crippen LogP contribution in [0.2, 0.25) is 0 Å². The van der Waals surface area contributed by atoms with E-state index in [2.05, 4.69) is 19.9 Å². The number of nitrogens with one attached hydrogen (secondary N) is 1. The summed E-state index contributed by atoms with van der Waals surface area (Å²) >= 11 is 0. The van der Waals surface area contributed by atoms with Crippen LogP contribution in [0.5, 0.6) is 0 Å². The Morgan fingerprint density at radius 3 is 2.90 bits per heavy atom. The smallest absolute Gasteiger partial charge is 0.125 e. The normalized spacial score (nSPS) is 16.9. The zero-order valence-corrected chi connectivity index (χ0v) is 11.2. The van der Waals surface area contributed by atoms with Crippen molar-refractivity contribution in [3.05, 3.63) is 48.3 Å². The summed E-state index contributed by atoms with van der Waals surface area (Å²) in [6.07, 6.45) is 7.61. The van der Waals surface area contributed by atoms with Crippen LogP contribution < -0.4 is 0 Å². The van der Waals surface area contributed by atoms with Gasteiger partial charge in [0.1, 0.15) is 5.82 Å². The average Bonchev–Trinajstić information content (AvgIpc) is 3.00. The van der Waals surface area contributed by atoms with Crippen molar-refractivity contribution in [2.75, 3.05) is 13.1 Å². The van der Waals surface area contributed by atoms with Crippen LogP contribution in [0.1, 0.15) is 24.5 Å². The number of benzene rings is 1. The molecule has 0 aliphatic carbocycles. The van der Waals surface area contributed by atoms with Crippen molar-refractivity contribution in [2.24, 2.45) is 4.99 Å². The number of piperidine rings is 1. The Balaban J connectivity index is 1.56. The number of hydrogen-bond acceptors (Lipinski definition) is 2. The standard InChI is InChI=1S/C15H17FN4/c16-13-2-1-3-14(8-13)19-11-20-6-4-12(5-7-20)15-9-17-10-18-15/h1-3,8-12H,4-7H2,(H,17,18). The van der Waals surface area contributed by atoms with Gasteiger partial charge in [-0.3, -0.25) is 0 Å². The summed E-state index contributed by atoms with van der Waals surface area (Å²) in [7, 11) is 0. The number of halogens is 1. The molecule has 1 aliphatic rings. The molecule has 1 aliphatic heterocycles. The van der Waals surface area contributed by atoms with E-state index in [9.17, 15) is 4.39 Å². The molecule has 1 aromatic heterocycles. The molecule has 20 heavy (non-hydrogen) atoms. The van der Waals surface area contributed by atoms with Crippen LogP contribution in [0, 0.1) is 5.82 Å². The number of aromatic amines is 1. The molecule has 2 aromatic rings. The van der Waals surface area contributed by atoms with Crippen LogP contribution in [0.4, 0.5) is 10.1 Å². The quantitative estimate of drug-likeness (QED) is 0.689. The van der Waals surface area contributed by atoms with Gasteiger partial charge in [0, 0.05) is 30.9 Å². The summed E-state index contributed by atoms with van der Waals surface area (Å²) in [5.74, 6) is 0.300. The second kappa shape index (κ2) is 5.86. The van der Waals surface area contributed by atoms with Gasteiger partial charge in [0.15, 0.2) is 0 Å². The van der Waals surface area contributed by atoms with Crippen LogP contribution >= 0.6 is 0 Å². The second-order valence-corrected chi connectivity index (χ2v) is 5.04. The van der Waals surface area contributed by atoms with Gasteiger partial charge in [0.05, 0.1) is 18.4 Å². The molecule has 0 radical (unpaired) electrons. The first-order valence-corrected chi connectivity index (χ1v) is 6.83. The summed E-state index contributed by atoms with van der Waals surface area (Å²) < 4.78 is 13.0. The van der Waals surface area contributed by atoms with E-state index in [0.29, 0.717) is 11.6 Å². The lowest BCUT2D eigenvalue weighted by Crippen LogP contribution is -2.31. The first kappa shape index (κ1) is 12.8. The monoisotopic (exact) mass is 272 g/mol. The van der Waals surface area contributed by atoms with E-state index in [4.69, 9.17) is 0 Å². The number of hydrogen-bond donors (Lipinski definition) is 1. The molecule has 0 spiro atoms. The van der Waals surface area contributed by atoms with Crippen molar-refractivity contribution >= 4 is 12.0 Å². The van der Waals surface area contributed by atoms with Crippen LogP contribution in [0.25, 0.3) is 0 Å². The maximum absolute atomic E-state index is 13.0. The van der Waals surface area contributed by atoms with Crippen molar-refractivity contribution < 1.29 is 4.39 Å². The van der Waals surface area contributed by atoms with Crippen molar-refractivity contribution in [1.82, 2.24) is 14.9 Å². The highest BCUT2D eigenvalue weighted by atomic mass is 19.1. The van der Waals surface area contributed by atoms with Gasteiger partial charge in [-0.1, -0.05) is 6.07 Å². The van der Waals surface area contributed by atoms with Crippen molar-refractivity contribution in [2.45, 2.75) is 18.8 Å². The summed E-state index contributed by atoms with van der Waals surface area (Å²) in [5.41, 5.74) is 1.87. The second-order valence-electron chi connectivity index (χ2n) is 5.04. The number of H-pyrrole nitrogens is 1. The summed E-state index contributed by atoms with van der Waals surface area (Å²) in [4.78, 5) is 13.7. The Labute approximate surface area is 117 Å². The number of aliphatic imine (C=N–C) groups is 1. The van der Waals surface area contributed by atoms with E-state index >= 15 is 0 Å². The average molecular weight is 272 g/mol. The molecule has 5 heteroatoms. The molecule has 0 unspecified atom stereocenters. The first-order valence-electron chi connectivity index (χ1n) is 6.83. The van der Waals surface area contributed by atoms with E-state index in [1.54, 1.807) is 18.5 Å². The van der Waals surface area contributed by atoms with Crippen LogP contribution in [0.15, 0.2) is 41.8 Å². The number of likely N-dealkylation sites (tertiary alicyclic amines) is 1. The summed E-state index contributed by atoms with van der Waals surface area (Å²) in [6, 6.07) is 6.34. The Bertz CT molecular complexity index is 571. The third-order valence-electron chi connectivity index (χ3n) is 3.67. The van der Waals surface area contributed by atoms with Gasteiger partial charge in [-0.15, -0.1) is 0 Å². The molecule has 1 fully saturated rings. The molecule has 0 amide bonds. The molecule has 1 saturated heterocycles. The maximum Gasteiger partial charge on any atom is 0.125 e. The Kier molecular flexibility index (Phi) is 3.76. The number of rotatable bonds is 3. The highest BCUT2D eigenvalue weighted by Crippen LogP contribution is 2.25. The lowest BCUT2D eigenvalue weighted by molar-refractivity contribution is 0.318. The molecule has 1 aromatic carbocycles. The minimum Gasteiger partial charge on any atom is -0.363 e. The molecule has 104 valence electrons. The van der Waals surface area contributed by atoms with Gasteiger partial charge >= 0.3 is 0 Å². The Morgan fingerprint density at radius 2 is 2.20 bits per heavy atom. The molecule has 0 saturated carbocycles. The third kappa shape index (κ3) is 3.04. The number of aromatic nitrogens is 2. The van der Waals surface area contributed by atoms with Gasteiger partial charge in [-0.25, -0.2) is 14.4 Å². The van der Waals surface area contributed by atoms with Gasteiger partial charge in [0.2, 0.25) is 0 Å². The van der Waals surface area contributed by atoms with Gasteiger partial charge < -0.3 is 9.88 Å². The zero-order chi connectivity index (χ0) is 13.8. The molecule has 0 atom stereocenters. The SMILES string of the molecule is Fc1cccc(N=CN2CCC(c3cnc[nH]3)CC2)c1. The van der Waals surface area contributed by atoms with Gasteiger partial charge in [-0.05, 0) is 31.0 Å².